The lowest BCUT2D eigenvalue weighted by molar-refractivity contribution is -0.132. The van der Waals surface area contributed by atoms with Gasteiger partial charge in [-0.2, -0.15) is 0 Å². The topological polar surface area (TPSA) is 75.3 Å². The molecule has 0 saturated heterocycles. The van der Waals surface area contributed by atoms with Crippen LogP contribution in [0.1, 0.15) is 74.7 Å². The zero-order valence-corrected chi connectivity index (χ0v) is 21.3. The number of benzene rings is 2. The van der Waals surface area contributed by atoms with E-state index in [0.29, 0.717) is 28.6 Å². The first-order valence-corrected chi connectivity index (χ1v) is 12.6. The van der Waals surface area contributed by atoms with Gasteiger partial charge in [-0.25, -0.2) is 0 Å². The lowest BCUT2D eigenvalue weighted by atomic mass is 9.79. The van der Waals surface area contributed by atoms with E-state index >= 15 is 0 Å². The molecule has 0 aromatic heterocycles. The summed E-state index contributed by atoms with van der Waals surface area (Å²) < 4.78 is 0. The molecule has 7 heteroatoms. The highest BCUT2D eigenvalue weighted by atomic mass is 35.5. The molecule has 0 aliphatic heterocycles. The SMILES string of the molecule is CC(=O)CCCC1(C(=O)NC(C)Cc2ccc(NC(=O)c3c(Cl)cccc3Cl)cc2)CCCC1. The van der Waals surface area contributed by atoms with Crippen molar-refractivity contribution >= 4 is 46.5 Å². The molecule has 1 aliphatic carbocycles. The maximum Gasteiger partial charge on any atom is 0.258 e. The first kappa shape index (κ1) is 26.2. The van der Waals surface area contributed by atoms with Gasteiger partial charge in [0.2, 0.25) is 5.91 Å². The molecule has 0 heterocycles. The monoisotopic (exact) mass is 502 g/mol. The van der Waals surface area contributed by atoms with Crippen molar-refractivity contribution in [2.24, 2.45) is 5.41 Å². The zero-order valence-electron chi connectivity index (χ0n) is 19.8. The molecule has 1 unspecified atom stereocenters. The standard InChI is InChI=1S/C27H32Cl2N2O3/c1-18(30-26(34)27(14-3-4-15-27)16-6-7-19(2)32)17-20-10-12-21(13-11-20)31-25(33)24-22(28)8-5-9-23(24)29/h5,8-13,18H,3-4,6-7,14-17H2,1-2H3,(H,30,34)(H,31,33). The predicted molar refractivity (Wildman–Crippen MR) is 138 cm³/mol. The molecule has 0 radical (unpaired) electrons. The molecule has 182 valence electrons. The number of rotatable bonds is 10. The second kappa shape index (κ2) is 11.9. The summed E-state index contributed by atoms with van der Waals surface area (Å²) in [4.78, 5) is 37.0. The summed E-state index contributed by atoms with van der Waals surface area (Å²) in [5.74, 6) is -0.0753. The fourth-order valence-electron chi connectivity index (χ4n) is 4.73. The minimum absolute atomic E-state index is 0.0276. The van der Waals surface area contributed by atoms with Gasteiger partial charge in [-0.3, -0.25) is 9.59 Å². The Kier molecular flexibility index (Phi) is 9.15. The Morgan fingerprint density at radius 3 is 2.21 bits per heavy atom. The van der Waals surface area contributed by atoms with Crippen LogP contribution in [0.4, 0.5) is 5.69 Å². The van der Waals surface area contributed by atoms with Gasteiger partial charge in [0.25, 0.3) is 5.91 Å². The van der Waals surface area contributed by atoms with Gasteiger partial charge in [-0.15, -0.1) is 0 Å². The van der Waals surface area contributed by atoms with Gasteiger partial charge < -0.3 is 15.4 Å². The minimum atomic E-state index is -0.365. The van der Waals surface area contributed by atoms with Gasteiger partial charge in [-0.05, 0) is 75.8 Å². The summed E-state index contributed by atoms with van der Waals surface area (Å²) in [6.07, 6.45) is 6.68. The van der Waals surface area contributed by atoms with Crippen molar-refractivity contribution in [1.29, 1.82) is 0 Å². The Bertz CT molecular complexity index is 1010. The second-order valence-electron chi connectivity index (χ2n) is 9.37. The van der Waals surface area contributed by atoms with Crippen LogP contribution in [0.3, 0.4) is 0 Å². The molecule has 2 aromatic rings. The van der Waals surface area contributed by atoms with E-state index in [0.717, 1.165) is 44.1 Å². The molecule has 1 atom stereocenters. The largest absolute Gasteiger partial charge is 0.353 e. The number of hydrogen-bond donors (Lipinski definition) is 2. The van der Waals surface area contributed by atoms with Gasteiger partial charge in [0.05, 0.1) is 15.6 Å². The molecule has 0 bridgehead atoms. The molecule has 34 heavy (non-hydrogen) atoms. The fourth-order valence-corrected chi connectivity index (χ4v) is 5.30. The number of ketones is 1. The summed E-state index contributed by atoms with van der Waals surface area (Å²) in [5.41, 5.74) is 1.60. The van der Waals surface area contributed by atoms with Crippen molar-refractivity contribution < 1.29 is 14.4 Å². The maximum atomic E-state index is 13.1. The van der Waals surface area contributed by atoms with E-state index in [-0.39, 0.29) is 34.6 Å². The van der Waals surface area contributed by atoms with E-state index in [4.69, 9.17) is 23.2 Å². The molecular weight excluding hydrogens is 471 g/mol. The number of carbonyl (C=O) groups is 3. The van der Waals surface area contributed by atoms with Crippen LogP contribution in [0.5, 0.6) is 0 Å². The van der Waals surface area contributed by atoms with E-state index in [9.17, 15) is 14.4 Å². The highest BCUT2D eigenvalue weighted by molar-refractivity contribution is 6.40. The summed E-state index contributed by atoms with van der Waals surface area (Å²) >= 11 is 12.2. The van der Waals surface area contributed by atoms with Gasteiger partial charge in [-0.1, -0.05) is 54.2 Å². The van der Waals surface area contributed by atoms with Crippen molar-refractivity contribution in [3.63, 3.8) is 0 Å². The number of Topliss-reactive ketones (excluding diaryl/α,β-unsaturated/α-hetero) is 1. The first-order valence-electron chi connectivity index (χ1n) is 11.8. The van der Waals surface area contributed by atoms with E-state index in [1.54, 1.807) is 25.1 Å². The lowest BCUT2D eigenvalue weighted by Gasteiger charge is -2.29. The number of halogens is 2. The highest BCUT2D eigenvalue weighted by Crippen LogP contribution is 2.42. The Labute approximate surface area is 211 Å². The molecular formula is C27H32Cl2N2O3. The van der Waals surface area contributed by atoms with Crippen LogP contribution >= 0.6 is 23.2 Å². The molecule has 1 saturated carbocycles. The van der Waals surface area contributed by atoms with Gasteiger partial charge in [0.1, 0.15) is 5.78 Å². The summed E-state index contributed by atoms with van der Waals surface area (Å²) in [5, 5.41) is 6.62. The van der Waals surface area contributed by atoms with Gasteiger partial charge in [0.15, 0.2) is 0 Å². The minimum Gasteiger partial charge on any atom is -0.353 e. The fraction of sp³-hybridized carbons (Fsp3) is 0.444. The van der Waals surface area contributed by atoms with Crippen LogP contribution in [0.25, 0.3) is 0 Å². The smallest absolute Gasteiger partial charge is 0.258 e. The van der Waals surface area contributed by atoms with Crippen molar-refractivity contribution in [2.75, 3.05) is 5.32 Å². The molecule has 2 aromatic carbocycles. The van der Waals surface area contributed by atoms with Crippen LogP contribution in [0.15, 0.2) is 42.5 Å². The van der Waals surface area contributed by atoms with Crippen molar-refractivity contribution in [3.05, 3.63) is 63.6 Å². The van der Waals surface area contributed by atoms with Crippen LogP contribution < -0.4 is 10.6 Å². The average Bonchev–Trinajstić information content (AvgIpc) is 3.25. The third-order valence-corrected chi connectivity index (χ3v) is 7.18. The number of nitrogens with one attached hydrogen (secondary N) is 2. The zero-order chi connectivity index (χ0) is 24.7. The van der Waals surface area contributed by atoms with Crippen LogP contribution in [-0.4, -0.2) is 23.6 Å². The first-order chi connectivity index (χ1) is 16.2. The second-order valence-corrected chi connectivity index (χ2v) is 10.2. The van der Waals surface area contributed by atoms with Crippen molar-refractivity contribution in [3.8, 4) is 0 Å². The Balaban J connectivity index is 1.56. The summed E-state index contributed by atoms with van der Waals surface area (Å²) in [7, 11) is 0. The van der Waals surface area contributed by atoms with E-state index < -0.39 is 0 Å². The number of anilines is 1. The number of hydrogen-bond acceptors (Lipinski definition) is 3. The van der Waals surface area contributed by atoms with Crippen LogP contribution in [-0.2, 0) is 16.0 Å². The van der Waals surface area contributed by atoms with E-state index in [1.165, 1.54) is 0 Å². The molecule has 2 amide bonds. The molecule has 3 rings (SSSR count). The Morgan fingerprint density at radius 1 is 1.00 bits per heavy atom. The van der Waals surface area contributed by atoms with Crippen molar-refractivity contribution in [2.45, 2.75) is 71.3 Å². The summed E-state index contributed by atoms with van der Waals surface area (Å²) in [6, 6.07) is 12.4. The summed E-state index contributed by atoms with van der Waals surface area (Å²) in [6.45, 7) is 3.61. The lowest BCUT2D eigenvalue weighted by Crippen LogP contribution is -2.44. The van der Waals surface area contributed by atoms with Crippen molar-refractivity contribution in [1.82, 2.24) is 5.32 Å². The van der Waals surface area contributed by atoms with Gasteiger partial charge >= 0.3 is 0 Å². The molecule has 2 N–H and O–H groups in total. The molecule has 0 spiro atoms. The Hall–Kier alpha value is -2.37. The van der Waals surface area contributed by atoms with E-state index in [2.05, 4.69) is 10.6 Å². The third kappa shape index (κ3) is 6.83. The quantitative estimate of drug-likeness (QED) is 0.383. The normalized spacial score (nSPS) is 15.5. The van der Waals surface area contributed by atoms with E-state index in [1.807, 2.05) is 31.2 Å². The predicted octanol–water partition coefficient (Wildman–Crippen LogP) is 6.61. The van der Waals surface area contributed by atoms with Gasteiger partial charge in [0, 0.05) is 23.6 Å². The third-order valence-electron chi connectivity index (χ3n) is 6.55. The number of amides is 2. The molecule has 1 fully saturated rings. The van der Waals surface area contributed by atoms with Crippen LogP contribution in [0, 0.1) is 5.41 Å². The average molecular weight is 503 g/mol. The molecule has 5 nitrogen and oxygen atoms in total. The highest BCUT2D eigenvalue weighted by Gasteiger charge is 2.40. The Morgan fingerprint density at radius 2 is 1.62 bits per heavy atom. The van der Waals surface area contributed by atoms with Crippen LogP contribution in [0.2, 0.25) is 10.0 Å². The number of carbonyl (C=O) groups excluding carboxylic acids is 3. The maximum absolute atomic E-state index is 13.1. The molecule has 1 aliphatic rings.